The summed E-state index contributed by atoms with van der Waals surface area (Å²) in [7, 11) is -1.59. The van der Waals surface area contributed by atoms with Gasteiger partial charge in [0.2, 0.25) is 10.0 Å². The third-order valence-electron chi connectivity index (χ3n) is 4.11. The molecule has 6 heteroatoms. The lowest BCUT2D eigenvalue weighted by Gasteiger charge is -2.35. The Morgan fingerprint density at radius 3 is 2.38 bits per heavy atom. The number of piperidine rings is 1. The Kier molecular flexibility index (Phi) is 4.70. The average Bonchev–Trinajstić information content (AvgIpc) is 2.30. The summed E-state index contributed by atoms with van der Waals surface area (Å²) in [6.07, 6.45) is 0.788. The topological polar surface area (TPSA) is 49.4 Å². The van der Waals surface area contributed by atoms with Gasteiger partial charge < -0.3 is 4.90 Å². The number of aryl methyl sites for hydroxylation is 2. The molecule has 1 saturated heterocycles. The van der Waals surface area contributed by atoms with Gasteiger partial charge in [-0.2, -0.15) is 0 Å². The summed E-state index contributed by atoms with van der Waals surface area (Å²) in [4.78, 5) is 2.40. The first-order valence-corrected chi connectivity index (χ1v) is 8.66. The minimum Gasteiger partial charge on any atom is -0.306 e. The highest BCUT2D eigenvalue weighted by Crippen LogP contribution is 2.24. The van der Waals surface area contributed by atoms with Gasteiger partial charge in [-0.3, -0.25) is 0 Å². The first kappa shape index (κ1) is 16.4. The van der Waals surface area contributed by atoms with E-state index in [9.17, 15) is 12.8 Å². The normalized spacial score (nSPS) is 24.2. The number of hydrogen-bond acceptors (Lipinski definition) is 3. The van der Waals surface area contributed by atoms with E-state index < -0.39 is 15.8 Å². The van der Waals surface area contributed by atoms with Gasteiger partial charge in [0.25, 0.3) is 0 Å². The number of benzene rings is 1. The highest BCUT2D eigenvalue weighted by atomic mass is 32.2. The molecular weight excluding hydrogens is 291 g/mol. The molecule has 4 nitrogen and oxygen atoms in total. The van der Waals surface area contributed by atoms with Crippen molar-refractivity contribution in [2.75, 3.05) is 20.1 Å². The van der Waals surface area contributed by atoms with E-state index in [0.717, 1.165) is 19.5 Å². The van der Waals surface area contributed by atoms with Crippen molar-refractivity contribution in [2.45, 2.75) is 38.1 Å². The van der Waals surface area contributed by atoms with Crippen LogP contribution in [0, 0.1) is 25.6 Å². The van der Waals surface area contributed by atoms with Gasteiger partial charge in [0, 0.05) is 12.6 Å². The fraction of sp³-hybridized carbons (Fsp3) is 0.600. The minimum absolute atomic E-state index is 0.0740. The number of nitrogens with zero attached hydrogens (tertiary/aromatic N) is 1. The van der Waals surface area contributed by atoms with E-state index in [1.54, 1.807) is 13.8 Å². The molecule has 0 spiro atoms. The van der Waals surface area contributed by atoms with Gasteiger partial charge in [0.05, 0.1) is 4.90 Å². The summed E-state index contributed by atoms with van der Waals surface area (Å²) in [6, 6.07) is 2.45. The highest BCUT2D eigenvalue weighted by Gasteiger charge is 2.30. The average molecular weight is 314 g/mol. The molecule has 2 atom stereocenters. The molecule has 0 radical (unpaired) electrons. The molecule has 1 fully saturated rings. The van der Waals surface area contributed by atoms with Crippen molar-refractivity contribution in [2.24, 2.45) is 5.92 Å². The largest absolute Gasteiger partial charge is 0.306 e. The number of sulfonamides is 1. The number of nitrogens with one attached hydrogen (secondary N) is 1. The van der Waals surface area contributed by atoms with Crippen molar-refractivity contribution >= 4 is 10.0 Å². The summed E-state index contributed by atoms with van der Waals surface area (Å²) < 4.78 is 41.4. The van der Waals surface area contributed by atoms with Gasteiger partial charge in [-0.05, 0) is 63.0 Å². The van der Waals surface area contributed by atoms with E-state index in [1.807, 2.05) is 14.0 Å². The Bertz CT molecular complexity index is 608. The second kappa shape index (κ2) is 6.02. The van der Waals surface area contributed by atoms with E-state index in [0.29, 0.717) is 11.1 Å². The quantitative estimate of drug-likeness (QED) is 0.929. The Balaban J connectivity index is 2.27. The van der Waals surface area contributed by atoms with Crippen LogP contribution >= 0.6 is 0 Å². The lowest BCUT2D eigenvalue weighted by Crippen LogP contribution is -2.48. The molecule has 0 bridgehead atoms. The molecule has 1 aromatic rings. The van der Waals surface area contributed by atoms with E-state index in [-0.39, 0.29) is 16.9 Å². The third kappa shape index (κ3) is 3.62. The lowest BCUT2D eigenvalue weighted by molar-refractivity contribution is 0.188. The van der Waals surface area contributed by atoms with Crippen LogP contribution in [0.2, 0.25) is 0 Å². The molecule has 0 aliphatic carbocycles. The van der Waals surface area contributed by atoms with Crippen LogP contribution < -0.4 is 4.72 Å². The zero-order valence-electron chi connectivity index (χ0n) is 13.0. The highest BCUT2D eigenvalue weighted by molar-refractivity contribution is 7.89. The van der Waals surface area contributed by atoms with Crippen LogP contribution in [-0.2, 0) is 10.0 Å². The van der Waals surface area contributed by atoms with Crippen molar-refractivity contribution in [3.63, 3.8) is 0 Å². The van der Waals surface area contributed by atoms with E-state index in [4.69, 9.17) is 0 Å². The van der Waals surface area contributed by atoms with Crippen LogP contribution in [0.1, 0.15) is 24.5 Å². The molecule has 2 unspecified atom stereocenters. The predicted octanol–water partition coefficient (Wildman–Crippen LogP) is 2.06. The zero-order valence-corrected chi connectivity index (χ0v) is 13.8. The maximum Gasteiger partial charge on any atom is 0.241 e. The van der Waals surface area contributed by atoms with E-state index >= 15 is 0 Å². The summed E-state index contributed by atoms with van der Waals surface area (Å²) in [5.74, 6) is -0.156. The first-order chi connectivity index (χ1) is 9.70. The van der Waals surface area contributed by atoms with Crippen LogP contribution in [0.3, 0.4) is 0 Å². The number of likely N-dealkylation sites (tertiary alicyclic amines) is 1. The smallest absolute Gasteiger partial charge is 0.241 e. The number of hydrogen-bond donors (Lipinski definition) is 1. The standard InChI is InChI=1S/C15H23FN2O2S/c1-10-7-13(16)8-11(2)15(10)21(19,20)17-14-5-6-18(4)9-12(14)3/h7-8,12,14,17H,5-6,9H2,1-4H3. The molecular formula is C15H23FN2O2S. The van der Waals surface area contributed by atoms with Gasteiger partial charge in [-0.25, -0.2) is 17.5 Å². The van der Waals surface area contributed by atoms with Crippen LogP contribution in [-0.4, -0.2) is 39.5 Å². The molecule has 1 N–H and O–H groups in total. The van der Waals surface area contributed by atoms with Crippen LogP contribution in [0.15, 0.2) is 17.0 Å². The first-order valence-electron chi connectivity index (χ1n) is 7.18. The maximum atomic E-state index is 13.3. The monoisotopic (exact) mass is 314 g/mol. The molecule has 0 aromatic heterocycles. The molecule has 21 heavy (non-hydrogen) atoms. The van der Waals surface area contributed by atoms with Crippen LogP contribution in [0.5, 0.6) is 0 Å². The Morgan fingerprint density at radius 2 is 1.86 bits per heavy atom. The lowest BCUT2D eigenvalue weighted by atomic mass is 9.95. The molecule has 0 amide bonds. The Morgan fingerprint density at radius 1 is 1.29 bits per heavy atom. The summed E-state index contributed by atoms with van der Waals surface area (Å²) in [5.41, 5.74) is 0.890. The van der Waals surface area contributed by atoms with Crippen molar-refractivity contribution in [3.8, 4) is 0 Å². The molecule has 118 valence electrons. The number of halogens is 1. The fourth-order valence-corrected chi connectivity index (χ4v) is 4.94. The molecule has 2 rings (SSSR count). The zero-order chi connectivity index (χ0) is 15.8. The SMILES string of the molecule is Cc1cc(F)cc(C)c1S(=O)(=O)NC1CCN(C)CC1C. The second-order valence-corrected chi connectivity index (χ2v) is 7.78. The van der Waals surface area contributed by atoms with Crippen LogP contribution in [0.4, 0.5) is 4.39 Å². The minimum atomic E-state index is -3.62. The van der Waals surface area contributed by atoms with Gasteiger partial charge in [-0.15, -0.1) is 0 Å². The summed E-state index contributed by atoms with van der Waals surface area (Å²) >= 11 is 0. The molecule has 1 aliphatic rings. The van der Waals surface area contributed by atoms with Crippen molar-refractivity contribution in [1.82, 2.24) is 9.62 Å². The fourth-order valence-electron chi connectivity index (χ4n) is 3.11. The third-order valence-corrected chi connectivity index (χ3v) is 5.90. The van der Waals surface area contributed by atoms with E-state index in [1.165, 1.54) is 12.1 Å². The van der Waals surface area contributed by atoms with Crippen molar-refractivity contribution < 1.29 is 12.8 Å². The van der Waals surface area contributed by atoms with Gasteiger partial charge in [0.15, 0.2) is 0 Å². The second-order valence-electron chi connectivity index (χ2n) is 6.12. The number of rotatable bonds is 3. The summed E-state index contributed by atoms with van der Waals surface area (Å²) in [5, 5.41) is 0. The van der Waals surface area contributed by atoms with E-state index in [2.05, 4.69) is 9.62 Å². The van der Waals surface area contributed by atoms with Gasteiger partial charge >= 0.3 is 0 Å². The van der Waals surface area contributed by atoms with Gasteiger partial charge in [0.1, 0.15) is 5.82 Å². The van der Waals surface area contributed by atoms with Crippen LogP contribution in [0.25, 0.3) is 0 Å². The molecule has 1 aromatic carbocycles. The Hall–Kier alpha value is -0.980. The van der Waals surface area contributed by atoms with Crippen molar-refractivity contribution in [3.05, 3.63) is 29.1 Å². The van der Waals surface area contributed by atoms with Gasteiger partial charge in [-0.1, -0.05) is 6.92 Å². The van der Waals surface area contributed by atoms with Crippen molar-refractivity contribution in [1.29, 1.82) is 0 Å². The Labute approximate surface area is 126 Å². The summed E-state index contributed by atoms with van der Waals surface area (Å²) in [6.45, 7) is 7.05. The molecule has 1 aliphatic heterocycles. The molecule has 1 heterocycles. The molecule has 0 saturated carbocycles. The predicted molar refractivity (Wildman–Crippen MR) is 81.3 cm³/mol. The maximum absolute atomic E-state index is 13.3.